The van der Waals surface area contributed by atoms with Gasteiger partial charge in [0.15, 0.2) is 5.78 Å². The number of pyridine rings is 1. The lowest BCUT2D eigenvalue weighted by molar-refractivity contribution is 0.101. The van der Waals surface area contributed by atoms with Gasteiger partial charge in [0.2, 0.25) is 0 Å². The Kier molecular flexibility index (Phi) is 1.79. The van der Waals surface area contributed by atoms with Crippen LogP contribution < -0.4 is 0 Å². The van der Waals surface area contributed by atoms with Gasteiger partial charge in [-0.25, -0.2) is 0 Å². The molecule has 1 N–H and O–H groups in total. The van der Waals surface area contributed by atoms with Gasteiger partial charge < -0.3 is 4.98 Å². The molecule has 2 rings (SSSR count). The van der Waals surface area contributed by atoms with Crippen molar-refractivity contribution < 1.29 is 4.79 Å². The van der Waals surface area contributed by atoms with E-state index in [1.807, 2.05) is 6.07 Å². The van der Waals surface area contributed by atoms with Gasteiger partial charge in [0.1, 0.15) is 6.07 Å². The summed E-state index contributed by atoms with van der Waals surface area (Å²) in [5.41, 5.74) is 2.38. The fraction of sp³-hybridized carbons (Fsp3) is 0.100. The Bertz CT molecular complexity index is 548. The molecule has 0 amide bonds. The van der Waals surface area contributed by atoms with Gasteiger partial charge in [-0.15, -0.1) is 0 Å². The molecule has 4 nitrogen and oxygen atoms in total. The summed E-state index contributed by atoms with van der Waals surface area (Å²) < 4.78 is 0. The average Bonchev–Trinajstić information content (AvgIpc) is 2.59. The highest BCUT2D eigenvalue weighted by Gasteiger charge is 2.08. The summed E-state index contributed by atoms with van der Waals surface area (Å²) in [6.45, 7) is 1.49. The Labute approximate surface area is 80.2 Å². The van der Waals surface area contributed by atoms with Crippen LogP contribution in [0.15, 0.2) is 18.5 Å². The standard InChI is InChI=1S/C10H7N3O/c1-6(14)8-5-12-9-2-7(3-11)4-13-10(8)9/h2,4-5,12H,1H3. The van der Waals surface area contributed by atoms with Crippen molar-refractivity contribution in [3.05, 3.63) is 29.6 Å². The van der Waals surface area contributed by atoms with Gasteiger partial charge in [0.05, 0.1) is 22.2 Å². The molecule has 4 heteroatoms. The Hall–Kier alpha value is -2.15. The number of carbonyl (C=O) groups is 1. The maximum atomic E-state index is 11.1. The number of nitrogens with zero attached hydrogens (tertiary/aromatic N) is 2. The van der Waals surface area contributed by atoms with E-state index in [0.29, 0.717) is 22.2 Å². The molecule has 14 heavy (non-hydrogen) atoms. The number of fused-ring (bicyclic) bond motifs is 1. The van der Waals surface area contributed by atoms with Crippen molar-refractivity contribution in [1.29, 1.82) is 5.26 Å². The maximum Gasteiger partial charge on any atom is 0.163 e. The average molecular weight is 185 g/mol. The second-order valence-corrected chi connectivity index (χ2v) is 2.99. The molecule has 2 aromatic heterocycles. The lowest BCUT2D eigenvalue weighted by Crippen LogP contribution is -1.90. The van der Waals surface area contributed by atoms with Crippen LogP contribution in [0.4, 0.5) is 0 Å². The second-order valence-electron chi connectivity index (χ2n) is 2.99. The zero-order valence-corrected chi connectivity index (χ0v) is 7.53. The SMILES string of the molecule is CC(=O)c1c[nH]c2cc(C#N)cnc12. The predicted octanol–water partition coefficient (Wildman–Crippen LogP) is 1.64. The van der Waals surface area contributed by atoms with E-state index in [2.05, 4.69) is 9.97 Å². The van der Waals surface area contributed by atoms with Crippen molar-refractivity contribution >= 4 is 16.8 Å². The van der Waals surface area contributed by atoms with Crippen LogP contribution in [0.2, 0.25) is 0 Å². The molecule has 2 aromatic rings. The Morgan fingerprint density at radius 3 is 3.07 bits per heavy atom. The number of H-pyrrole nitrogens is 1. The predicted molar refractivity (Wildman–Crippen MR) is 50.8 cm³/mol. The molecule has 0 fully saturated rings. The van der Waals surface area contributed by atoms with Crippen LogP contribution in [-0.2, 0) is 0 Å². The van der Waals surface area contributed by atoms with Crippen LogP contribution in [0, 0.1) is 11.3 Å². The molecule has 0 atom stereocenters. The van der Waals surface area contributed by atoms with Gasteiger partial charge in [0, 0.05) is 12.4 Å². The lowest BCUT2D eigenvalue weighted by Gasteiger charge is -1.92. The minimum absolute atomic E-state index is 0.0338. The molecule has 0 bridgehead atoms. The molecule has 0 saturated carbocycles. The molecule has 0 saturated heterocycles. The molecule has 0 aromatic carbocycles. The third kappa shape index (κ3) is 1.15. The Morgan fingerprint density at radius 1 is 1.64 bits per heavy atom. The first kappa shape index (κ1) is 8.45. The van der Waals surface area contributed by atoms with Crippen LogP contribution in [0.1, 0.15) is 22.8 Å². The van der Waals surface area contributed by atoms with Gasteiger partial charge in [-0.05, 0) is 13.0 Å². The number of ketones is 1. The molecular weight excluding hydrogens is 178 g/mol. The number of nitriles is 1. The molecular formula is C10H7N3O. The number of aromatic nitrogens is 2. The van der Waals surface area contributed by atoms with Gasteiger partial charge in [-0.1, -0.05) is 0 Å². The van der Waals surface area contributed by atoms with Crippen LogP contribution in [0.3, 0.4) is 0 Å². The van der Waals surface area contributed by atoms with Crippen LogP contribution >= 0.6 is 0 Å². The number of hydrogen-bond acceptors (Lipinski definition) is 3. The zero-order chi connectivity index (χ0) is 10.1. The van der Waals surface area contributed by atoms with Gasteiger partial charge >= 0.3 is 0 Å². The number of aromatic amines is 1. The molecule has 2 heterocycles. The highest BCUT2D eigenvalue weighted by Crippen LogP contribution is 2.16. The van der Waals surface area contributed by atoms with Crippen molar-refractivity contribution in [2.24, 2.45) is 0 Å². The van der Waals surface area contributed by atoms with E-state index < -0.39 is 0 Å². The first-order valence-corrected chi connectivity index (χ1v) is 4.10. The van der Waals surface area contributed by atoms with Crippen molar-refractivity contribution in [2.75, 3.05) is 0 Å². The monoisotopic (exact) mass is 185 g/mol. The highest BCUT2D eigenvalue weighted by molar-refractivity contribution is 6.05. The summed E-state index contributed by atoms with van der Waals surface area (Å²) in [7, 11) is 0. The van der Waals surface area contributed by atoms with Gasteiger partial charge in [-0.2, -0.15) is 5.26 Å². The quantitative estimate of drug-likeness (QED) is 0.686. The maximum absolute atomic E-state index is 11.1. The van der Waals surface area contributed by atoms with E-state index in [9.17, 15) is 4.79 Å². The third-order valence-electron chi connectivity index (χ3n) is 2.02. The minimum Gasteiger partial charge on any atom is -0.359 e. The molecule has 0 spiro atoms. The first-order valence-electron chi connectivity index (χ1n) is 4.10. The molecule has 0 aliphatic rings. The second kappa shape index (κ2) is 2.96. The number of Topliss-reactive ketones (excluding diaryl/α,β-unsaturated/α-hetero) is 1. The van der Waals surface area contributed by atoms with Crippen molar-refractivity contribution in [3.8, 4) is 6.07 Å². The fourth-order valence-electron chi connectivity index (χ4n) is 1.34. The summed E-state index contributed by atoms with van der Waals surface area (Å²) in [4.78, 5) is 18.1. The van der Waals surface area contributed by atoms with Crippen molar-refractivity contribution in [2.45, 2.75) is 6.92 Å². The largest absolute Gasteiger partial charge is 0.359 e. The summed E-state index contributed by atoms with van der Waals surface area (Å²) in [6.07, 6.45) is 3.07. The molecule has 0 radical (unpaired) electrons. The van der Waals surface area contributed by atoms with E-state index in [1.54, 1.807) is 12.3 Å². The Morgan fingerprint density at radius 2 is 2.43 bits per heavy atom. The van der Waals surface area contributed by atoms with Crippen LogP contribution in [0.5, 0.6) is 0 Å². The number of hydrogen-bond donors (Lipinski definition) is 1. The summed E-state index contributed by atoms with van der Waals surface area (Å²) >= 11 is 0. The van der Waals surface area contributed by atoms with Gasteiger partial charge in [0.25, 0.3) is 0 Å². The third-order valence-corrected chi connectivity index (χ3v) is 2.02. The summed E-state index contributed by atoms with van der Waals surface area (Å²) in [5, 5.41) is 8.64. The fourth-order valence-corrected chi connectivity index (χ4v) is 1.34. The molecule has 0 aliphatic carbocycles. The zero-order valence-electron chi connectivity index (χ0n) is 7.53. The molecule has 0 unspecified atom stereocenters. The minimum atomic E-state index is -0.0338. The van der Waals surface area contributed by atoms with Crippen LogP contribution in [-0.4, -0.2) is 15.8 Å². The van der Waals surface area contributed by atoms with E-state index in [4.69, 9.17) is 5.26 Å². The topological polar surface area (TPSA) is 69.5 Å². The number of rotatable bonds is 1. The van der Waals surface area contributed by atoms with Crippen molar-refractivity contribution in [3.63, 3.8) is 0 Å². The highest BCUT2D eigenvalue weighted by atomic mass is 16.1. The number of nitrogens with one attached hydrogen (secondary N) is 1. The molecule has 68 valence electrons. The smallest absolute Gasteiger partial charge is 0.163 e. The summed E-state index contributed by atoms with van der Waals surface area (Å²) in [5.74, 6) is -0.0338. The lowest BCUT2D eigenvalue weighted by atomic mass is 10.2. The van der Waals surface area contributed by atoms with E-state index in [0.717, 1.165) is 0 Å². The number of carbonyl (C=O) groups excluding carboxylic acids is 1. The van der Waals surface area contributed by atoms with Crippen molar-refractivity contribution in [1.82, 2.24) is 9.97 Å². The van der Waals surface area contributed by atoms with Crippen LogP contribution in [0.25, 0.3) is 11.0 Å². The molecule has 0 aliphatic heterocycles. The van der Waals surface area contributed by atoms with E-state index in [1.165, 1.54) is 13.1 Å². The Balaban J connectivity index is 2.73. The van der Waals surface area contributed by atoms with E-state index in [-0.39, 0.29) is 5.78 Å². The summed E-state index contributed by atoms with van der Waals surface area (Å²) in [6, 6.07) is 3.67. The van der Waals surface area contributed by atoms with Gasteiger partial charge in [-0.3, -0.25) is 9.78 Å². The first-order chi connectivity index (χ1) is 6.72. The van der Waals surface area contributed by atoms with E-state index >= 15 is 0 Å². The normalized spacial score (nSPS) is 10.0.